The molecule has 0 atom stereocenters. The number of hydrogen-bond donors (Lipinski definition) is 2. The summed E-state index contributed by atoms with van der Waals surface area (Å²) in [4.78, 5) is 17.7. The van der Waals surface area contributed by atoms with Crippen molar-refractivity contribution in [2.75, 3.05) is 11.9 Å². The van der Waals surface area contributed by atoms with Crippen LogP contribution in [0.2, 0.25) is 0 Å². The summed E-state index contributed by atoms with van der Waals surface area (Å²) < 4.78 is 0. The molecule has 2 N–H and O–H groups in total. The SMILES string of the molecule is CCNc1cc([N+](=O)[O-])cc(-c2ccc[nH]2)n1. The molecule has 0 saturated carbocycles. The smallest absolute Gasteiger partial charge is 0.275 e. The Hall–Kier alpha value is -2.37. The van der Waals surface area contributed by atoms with E-state index in [1.807, 2.05) is 19.1 Å². The number of H-pyrrole nitrogens is 1. The molecular weight excluding hydrogens is 220 g/mol. The summed E-state index contributed by atoms with van der Waals surface area (Å²) in [6.07, 6.45) is 1.75. The van der Waals surface area contributed by atoms with Crippen molar-refractivity contribution in [1.29, 1.82) is 0 Å². The quantitative estimate of drug-likeness (QED) is 0.626. The van der Waals surface area contributed by atoms with Crippen LogP contribution in [-0.2, 0) is 0 Å². The second kappa shape index (κ2) is 4.65. The summed E-state index contributed by atoms with van der Waals surface area (Å²) in [6.45, 7) is 2.58. The third kappa shape index (κ3) is 2.41. The number of anilines is 1. The molecule has 6 nitrogen and oxygen atoms in total. The molecule has 2 heterocycles. The average Bonchev–Trinajstić information content (AvgIpc) is 2.82. The first kappa shape index (κ1) is 11.1. The minimum absolute atomic E-state index is 0.0283. The summed E-state index contributed by atoms with van der Waals surface area (Å²) in [7, 11) is 0. The van der Waals surface area contributed by atoms with Crippen molar-refractivity contribution in [2.45, 2.75) is 6.92 Å². The zero-order valence-electron chi connectivity index (χ0n) is 9.30. The molecule has 0 aliphatic rings. The summed E-state index contributed by atoms with van der Waals surface area (Å²) in [5.41, 5.74) is 1.34. The van der Waals surface area contributed by atoms with Crippen LogP contribution in [-0.4, -0.2) is 21.4 Å². The van der Waals surface area contributed by atoms with Gasteiger partial charge in [-0.25, -0.2) is 4.98 Å². The van der Waals surface area contributed by atoms with Gasteiger partial charge < -0.3 is 10.3 Å². The monoisotopic (exact) mass is 232 g/mol. The predicted octanol–water partition coefficient (Wildman–Crippen LogP) is 2.42. The molecule has 2 aromatic rings. The zero-order chi connectivity index (χ0) is 12.3. The summed E-state index contributed by atoms with van der Waals surface area (Å²) in [5, 5.41) is 13.8. The highest BCUT2D eigenvalue weighted by atomic mass is 16.6. The van der Waals surface area contributed by atoms with Gasteiger partial charge in [-0.3, -0.25) is 10.1 Å². The van der Waals surface area contributed by atoms with Crippen LogP contribution >= 0.6 is 0 Å². The van der Waals surface area contributed by atoms with Gasteiger partial charge in [0.15, 0.2) is 0 Å². The van der Waals surface area contributed by atoms with Crippen LogP contribution in [0.25, 0.3) is 11.4 Å². The molecule has 0 radical (unpaired) electrons. The highest BCUT2D eigenvalue weighted by molar-refractivity contribution is 5.62. The van der Waals surface area contributed by atoms with Gasteiger partial charge in [-0.05, 0) is 19.1 Å². The number of nitrogens with zero attached hydrogens (tertiary/aromatic N) is 2. The Morgan fingerprint density at radius 3 is 2.94 bits per heavy atom. The molecule has 17 heavy (non-hydrogen) atoms. The Morgan fingerprint density at radius 2 is 2.35 bits per heavy atom. The third-order valence-electron chi connectivity index (χ3n) is 2.25. The van der Waals surface area contributed by atoms with Crippen LogP contribution < -0.4 is 5.32 Å². The second-order valence-corrected chi connectivity index (χ2v) is 3.47. The number of aromatic amines is 1. The molecule has 0 aliphatic carbocycles. The number of nitrogens with one attached hydrogen (secondary N) is 2. The van der Waals surface area contributed by atoms with Crippen molar-refractivity contribution in [3.8, 4) is 11.4 Å². The Labute approximate surface area is 97.9 Å². The van der Waals surface area contributed by atoms with E-state index in [1.54, 1.807) is 6.20 Å². The normalized spacial score (nSPS) is 10.2. The lowest BCUT2D eigenvalue weighted by molar-refractivity contribution is -0.384. The summed E-state index contributed by atoms with van der Waals surface area (Å²) in [6, 6.07) is 6.52. The van der Waals surface area contributed by atoms with Crippen molar-refractivity contribution in [3.05, 3.63) is 40.6 Å². The largest absolute Gasteiger partial charge is 0.370 e. The molecule has 0 unspecified atom stereocenters. The standard InChI is InChI=1S/C11H12N4O2/c1-2-12-11-7-8(15(16)17)6-10(14-11)9-4-3-5-13-9/h3-7,13H,2H2,1H3,(H,12,14). The molecule has 88 valence electrons. The number of aromatic nitrogens is 2. The highest BCUT2D eigenvalue weighted by Gasteiger charge is 2.12. The summed E-state index contributed by atoms with van der Waals surface area (Å²) >= 11 is 0. The van der Waals surface area contributed by atoms with E-state index in [9.17, 15) is 10.1 Å². The van der Waals surface area contributed by atoms with E-state index in [4.69, 9.17) is 0 Å². The van der Waals surface area contributed by atoms with E-state index in [0.717, 1.165) is 5.69 Å². The molecule has 0 aromatic carbocycles. The topological polar surface area (TPSA) is 83.9 Å². The lowest BCUT2D eigenvalue weighted by Gasteiger charge is -2.04. The fourth-order valence-corrected chi connectivity index (χ4v) is 1.52. The molecule has 0 aliphatic heterocycles. The molecular formula is C11H12N4O2. The van der Waals surface area contributed by atoms with Gasteiger partial charge in [0.2, 0.25) is 0 Å². The van der Waals surface area contributed by atoms with Crippen LogP contribution in [0.5, 0.6) is 0 Å². The van der Waals surface area contributed by atoms with E-state index in [2.05, 4.69) is 15.3 Å². The Bertz CT molecular complexity index is 522. The second-order valence-electron chi connectivity index (χ2n) is 3.47. The van der Waals surface area contributed by atoms with E-state index in [0.29, 0.717) is 18.1 Å². The van der Waals surface area contributed by atoms with Gasteiger partial charge in [0.05, 0.1) is 22.4 Å². The first-order chi connectivity index (χ1) is 8.20. The molecule has 2 aromatic heterocycles. The number of rotatable bonds is 4. The van der Waals surface area contributed by atoms with Gasteiger partial charge in [-0.1, -0.05) is 0 Å². The fourth-order valence-electron chi connectivity index (χ4n) is 1.52. The van der Waals surface area contributed by atoms with Crippen LogP contribution in [0.4, 0.5) is 11.5 Å². The van der Waals surface area contributed by atoms with Crippen LogP contribution in [0, 0.1) is 10.1 Å². The van der Waals surface area contributed by atoms with Crippen LogP contribution in [0.3, 0.4) is 0 Å². The third-order valence-corrected chi connectivity index (χ3v) is 2.25. The van der Waals surface area contributed by atoms with Crippen LogP contribution in [0.15, 0.2) is 30.5 Å². The maximum absolute atomic E-state index is 10.8. The average molecular weight is 232 g/mol. The van der Waals surface area contributed by atoms with Gasteiger partial charge in [0.1, 0.15) is 5.82 Å². The predicted molar refractivity (Wildman–Crippen MR) is 64.8 cm³/mol. The van der Waals surface area contributed by atoms with Gasteiger partial charge in [0, 0.05) is 18.8 Å². The van der Waals surface area contributed by atoms with E-state index < -0.39 is 4.92 Å². The molecule has 6 heteroatoms. The van der Waals surface area contributed by atoms with Crippen molar-refractivity contribution >= 4 is 11.5 Å². The molecule has 0 saturated heterocycles. The zero-order valence-corrected chi connectivity index (χ0v) is 9.30. The van der Waals surface area contributed by atoms with Crippen molar-refractivity contribution in [3.63, 3.8) is 0 Å². The minimum atomic E-state index is -0.422. The maximum atomic E-state index is 10.8. The van der Waals surface area contributed by atoms with Gasteiger partial charge in [0.25, 0.3) is 5.69 Å². The Kier molecular flexibility index (Phi) is 3.04. The fraction of sp³-hybridized carbons (Fsp3) is 0.182. The lowest BCUT2D eigenvalue weighted by Crippen LogP contribution is -2.01. The molecule has 0 bridgehead atoms. The molecule has 0 spiro atoms. The van der Waals surface area contributed by atoms with Crippen molar-refractivity contribution in [2.24, 2.45) is 0 Å². The molecule has 0 amide bonds. The number of pyridine rings is 1. The van der Waals surface area contributed by atoms with E-state index >= 15 is 0 Å². The van der Waals surface area contributed by atoms with Crippen molar-refractivity contribution < 1.29 is 4.92 Å². The van der Waals surface area contributed by atoms with Gasteiger partial charge >= 0.3 is 0 Å². The number of hydrogen-bond acceptors (Lipinski definition) is 4. The van der Waals surface area contributed by atoms with Crippen molar-refractivity contribution in [1.82, 2.24) is 9.97 Å². The lowest BCUT2D eigenvalue weighted by atomic mass is 10.2. The molecule has 2 rings (SSSR count). The summed E-state index contributed by atoms with van der Waals surface area (Å²) in [5.74, 6) is 0.506. The van der Waals surface area contributed by atoms with Crippen LogP contribution in [0.1, 0.15) is 6.92 Å². The van der Waals surface area contributed by atoms with Gasteiger partial charge in [-0.2, -0.15) is 0 Å². The Morgan fingerprint density at radius 1 is 1.53 bits per heavy atom. The van der Waals surface area contributed by atoms with E-state index in [1.165, 1.54) is 12.1 Å². The van der Waals surface area contributed by atoms with Gasteiger partial charge in [-0.15, -0.1) is 0 Å². The first-order valence-electron chi connectivity index (χ1n) is 5.25. The maximum Gasteiger partial charge on any atom is 0.275 e. The first-order valence-corrected chi connectivity index (χ1v) is 5.25. The minimum Gasteiger partial charge on any atom is -0.370 e. The van der Waals surface area contributed by atoms with E-state index in [-0.39, 0.29) is 5.69 Å². The number of nitro groups is 1. The highest BCUT2D eigenvalue weighted by Crippen LogP contribution is 2.23. The Balaban J connectivity index is 2.48. The molecule has 0 fully saturated rings.